The fourth-order valence-corrected chi connectivity index (χ4v) is 4.55. The average Bonchev–Trinajstić information content (AvgIpc) is 3.28. The highest BCUT2D eigenvalue weighted by atomic mass is 35.5. The van der Waals surface area contributed by atoms with Crippen LogP contribution in [0.25, 0.3) is 21.8 Å². The molecule has 1 amide bonds. The van der Waals surface area contributed by atoms with Gasteiger partial charge in [0.1, 0.15) is 16.6 Å². The second kappa shape index (κ2) is 8.13. The van der Waals surface area contributed by atoms with E-state index in [1.807, 2.05) is 53.9 Å². The van der Waals surface area contributed by atoms with Crippen molar-refractivity contribution < 1.29 is 13.9 Å². The van der Waals surface area contributed by atoms with Crippen LogP contribution >= 0.6 is 22.9 Å². The van der Waals surface area contributed by atoms with Gasteiger partial charge < -0.3 is 9.64 Å². The number of hydrogen-bond acceptors (Lipinski definition) is 4. The predicted octanol–water partition coefficient (Wildman–Crippen LogP) is 6.20. The maximum absolute atomic E-state index is 14.4. The van der Waals surface area contributed by atoms with Gasteiger partial charge in [0.25, 0.3) is 5.91 Å². The van der Waals surface area contributed by atoms with Crippen LogP contribution < -0.4 is 9.64 Å². The van der Waals surface area contributed by atoms with Crippen LogP contribution in [0.3, 0.4) is 0 Å². The Hall–Kier alpha value is -3.22. The van der Waals surface area contributed by atoms with Crippen LogP contribution in [0.5, 0.6) is 5.75 Å². The number of hydrogen-bond donors (Lipinski definition) is 0. The number of thiazole rings is 1. The van der Waals surface area contributed by atoms with E-state index in [-0.39, 0.29) is 29.6 Å². The third-order valence-electron chi connectivity index (χ3n) is 5.10. The van der Waals surface area contributed by atoms with E-state index in [0.29, 0.717) is 11.4 Å². The van der Waals surface area contributed by atoms with E-state index in [0.717, 1.165) is 21.8 Å². The summed E-state index contributed by atoms with van der Waals surface area (Å²) in [6, 6.07) is 20.0. The van der Waals surface area contributed by atoms with Gasteiger partial charge in [0, 0.05) is 27.1 Å². The molecule has 5 rings (SSSR count). The lowest BCUT2D eigenvalue weighted by Gasteiger charge is -2.30. The van der Waals surface area contributed by atoms with Crippen molar-refractivity contribution in [2.24, 2.45) is 0 Å². The first kappa shape index (κ1) is 19.7. The van der Waals surface area contributed by atoms with Gasteiger partial charge in [-0.25, -0.2) is 9.37 Å². The highest BCUT2D eigenvalue weighted by Crippen LogP contribution is 2.38. The Kier molecular flexibility index (Phi) is 5.18. The summed E-state index contributed by atoms with van der Waals surface area (Å²) in [7, 11) is 0. The summed E-state index contributed by atoms with van der Waals surface area (Å²) < 4.78 is 19.9. The molecule has 2 heterocycles. The summed E-state index contributed by atoms with van der Waals surface area (Å²) in [6.07, 6.45) is 0. The van der Waals surface area contributed by atoms with Crippen molar-refractivity contribution in [1.29, 1.82) is 0 Å². The Morgan fingerprint density at radius 3 is 2.71 bits per heavy atom. The topological polar surface area (TPSA) is 42.4 Å². The standard InChI is InChI=1S/C24H16ClFN2O2S/c25-18-7-4-8-19(26)17(18)12-28-21-11-16(9-10-22(21)30-13-23(28)29)20-14-31-24(27-20)15-5-2-1-3-6-15/h1-11,14H,12-13H2. The van der Waals surface area contributed by atoms with Crippen LogP contribution in [0.2, 0.25) is 5.02 Å². The summed E-state index contributed by atoms with van der Waals surface area (Å²) in [5, 5.41) is 3.17. The second-order valence-electron chi connectivity index (χ2n) is 7.06. The molecule has 0 saturated heterocycles. The smallest absolute Gasteiger partial charge is 0.265 e. The number of carbonyl (C=O) groups excluding carboxylic acids is 1. The molecular weight excluding hydrogens is 435 g/mol. The molecule has 154 valence electrons. The summed E-state index contributed by atoms with van der Waals surface area (Å²) >= 11 is 7.75. The molecule has 31 heavy (non-hydrogen) atoms. The van der Waals surface area contributed by atoms with Gasteiger partial charge in [-0.2, -0.15) is 0 Å². The van der Waals surface area contributed by atoms with Gasteiger partial charge >= 0.3 is 0 Å². The Morgan fingerprint density at radius 1 is 1.06 bits per heavy atom. The minimum atomic E-state index is -0.448. The Balaban J connectivity index is 1.52. The summed E-state index contributed by atoms with van der Waals surface area (Å²) in [6.45, 7) is -0.0796. The first-order valence-electron chi connectivity index (χ1n) is 9.61. The third kappa shape index (κ3) is 3.80. The van der Waals surface area contributed by atoms with Gasteiger partial charge in [0.15, 0.2) is 6.61 Å². The Morgan fingerprint density at radius 2 is 1.90 bits per heavy atom. The van der Waals surface area contributed by atoms with Crippen molar-refractivity contribution in [2.45, 2.75) is 6.54 Å². The lowest BCUT2D eigenvalue weighted by atomic mass is 10.1. The fourth-order valence-electron chi connectivity index (χ4n) is 3.50. The second-order valence-corrected chi connectivity index (χ2v) is 8.32. The summed E-state index contributed by atoms with van der Waals surface area (Å²) in [4.78, 5) is 18.9. The van der Waals surface area contributed by atoms with Crippen molar-refractivity contribution in [3.05, 3.63) is 88.5 Å². The number of benzene rings is 3. The van der Waals surface area contributed by atoms with E-state index in [4.69, 9.17) is 21.3 Å². The highest BCUT2D eigenvalue weighted by molar-refractivity contribution is 7.13. The molecule has 1 aliphatic heterocycles. The van der Waals surface area contributed by atoms with E-state index in [9.17, 15) is 9.18 Å². The molecule has 7 heteroatoms. The molecule has 1 aromatic heterocycles. The average molecular weight is 451 g/mol. The molecule has 1 aliphatic rings. The summed E-state index contributed by atoms with van der Waals surface area (Å²) in [5.41, 5.74) is 3.54. The first-order chi connectivity index (χ1) is 15.1. The monoisotopic (exact) mass is 450 g/mol. The number of rotatable bonds is 4. The number of nitrogens with zero attached hydrogens (tertiary/aromatic N) is 2. The minimum Gasteiger partial charge on any atom is -0.482 e. The van der Waals surface area contributed by atoms with Gasteiger partial charge in [-0.3, -0.25) is 4.79 Å². The molecule has 4 aromatic rings. The van der Waals surface area contributed by atoms with Gasteiger partial charge in [-0.1, -0.05) is 48.0 Å². The van der Waals surface area contributed by atoms with E-state index in [1.165, 1.54) is 11.0 Å². The molecule has 0 atom stereocenters. The SMILES string of the molecule is O=C1COc2ccc(-c3csc(-c4ccccc4)n3)cc2N1Cc1c(F)cccc1Cl. The lowest BCUT2D eigenvalue weighted by molar-refractivity contribution is -0.121. The Labute approximate surface area is 187 Å². The van der Waals surface area contributed by atoms with Crippen LogP contribution in [0, 0.1) is 5.82 Å². The molecule has 0 aliphatic carbocycles. The third-order valence-corrected chi connectivity index (χ3v) is 6.35. The minimum absolute atomic E-state index is 0.0243. The number of ether oxygens (including phenoxy) is 1. The van der Waals surface area contributed by atoms with Crippen LogP contribution in [-0.4, -0.2) is 17.5 Å². The molecule has 0 bridgehead atoms. The molecule has 0 fully saturated rings. The zero-order valence-corrected chi connectivity index (χ0v) is 17.8. The Bertz CT molecular complexity index is 1260. The van der Waals surface area contributed by atoms with E-state index in [2.05, 4.69) is 0 Å². The number of aromatic nitrogens is 1. The molecule has 0 unspecified atom stereocenters. The molecule has 0 spiro atoms. The molecule has 3 aromatic carbocycles. The fraction of sp³-hybridized carbons (Fsp3) is 0.0833. The summed E-state index contributed by atoms with van der Waals surface area (Å²) in [5.74, 6) is -0.141. The molecular formula is C24H16ClFN2O2S. The van der Waals surface area contributed by atoms with Crippen molar-refractivity contribution in [3.8, 4) is 27.6 Å². The van der Waals surface area contributed by atoms with Crippen molar-refractivity contribution in [2.75, 3.05) is 11.5 Å². The number of anilines is 1. The van der Waals surface area contributed by atoms with E-state index >= 15 is 0 Å². The normalized spacial score (nSPS) is 13.1. The van der Waals surface area contributed by atoms with E-state index in [1.54, 1.807) is 23.5 Å². The number of fused-ring (bicyclic) bond motifs is 1. The molecule has 0 radical (unpaired) electrons. The van der Waals surface area contributed by atoms with Gasteiger partial charge in [0.2, 0.25) is 0 Å². The molecule has 4 nitrogen and oxygen atoms in total. The van der Waals surface area contributed by atoms with Crippen molar-refractivity contribution in [1.82, 2.24) is 4.98 Å². The molecule has 0 saturated carbocycles. The zero-order chi connectivity index (χ0) is 21.4. The number of carbonyl (C=O) groups is 1. The van der Waals surface area contributed by atoms with Crippen molar-refractivity contribution in [3.63, 3.8) is 0 Å². The predicted molar refractivity (Wildman–Crippen MR) is 121 cm³/mol. The maximum Gasteiger partial charge on any atom is 0.265 e. The largest absolute Gasteiger partial charge is 0.482 e. The number of halogens is 2. The van der Waals surface area contributed by atoms with Crippen molar-refractivity contribution >= 4 is 34.5 Å². The number of amides is 1. The van der Waals surface area contributed by atoms with Crippen LogP contribution in [0.4, 0.5) is 10.1 Å². The van der Waals surface area contributed by atoms with Crippen LogP contribution in [-0.2, 0) is 11.3 Å². The van der Waals surface area contributed by atoms with Gasteiger partial charge in [-0.15, -0.1) is 11.3 Å². The lowest BCUT2D eigenvalue weighted by Crippen LogP contribution is -2.38. The highest BCUT2D eigenvalue weighted by Gasteiger charge is 2.28. The molecule has 0 N–H and O–H groups in total. The quantitative estimate of drug-likeness (QED) is 0.372. The van der Waals surface area contributed by atoms with Gasteiger partial charge in [-0.05, 0) is 30.3 Å². The van der Waals surface area contributed by atoms with Crippen LogP contribution in [0.1, 0.15) is 5.56 Å². The zero-order valence-electron chi connectivity index (χ0n) is 16.2. The van der Waals surface area contributed by atoms with E-state index < -0.39 is 5.82 Å². The first-order valence-corrected chi connectivity index (χ1v) is 10.9. The maximum atomic E-state index is 14.4. The van der Waals surface area contributed by atoms with Crippen LogP contribution in [0.15, 0.2) is 72.1 Å². The van der Waals surface area contributed by atoms with Gasteiger partial charge in [0.05, 0.1) is 17.9 Å².